The molecule has 0 bridgehead atoms. The van der Waals surface area contributed by atoms with Crippen LogP contribution in [0.5, 0.6) is 0 Å². The smallest absolute Gasteiger partial charge is 0.166 e. The Morgan fingerprint density at radius 3 is 2.41 bits per heavy atom. The molecular weight excluding hydrogens is 360 g/mol. The van der Waals surface area contributed by atoms with Crippen molar-refractivity contribution in [3.63, 3.8) is 0 Å². The van der Waals surface area contributed by atoms with Gasteiger partial charge in [-0.1, -0.05) is 0 Å². The minimum atomic E-state index is -1.40. The second-order valence-electron chi connectivity index (χ2n) is 6.31. The summed E-state index contributed by atoms with van der Waals surface area (Å²) in [5, 5.41) is 0. The molecule has 138 valence electrons. The standard InChI is InChI=1S/C19H14F4N4/c20-14-7-15(21)18(23)13(17(14)22)10-27-6-3-16-12(9-27)8-25-19(26-16)11-1-4-24-5-2-11/h1-2,4-5,7-8H,3,6,9-10H2. The quantitative estimate of drug-likeness (QED) is 0.518. The van der Waals surface area contributed by atoms with Gasteiger partial charge in [-0.2, -0.15) is 0 Å². The van der Waals surface area contributed by atoms with Gasteiger partial charge >= 0.3 is 0 Å². The third kappa shape index (κ3) is 3.40. The topological polar surface area (TPSA) is 41.9 Å². The first-order valence-corrected chi connectivity index (χ1v) is 8.32. The SMILES string of the molecule is Fc1cc(F)c(F)c(CN2CCc3nc(-c4ccncc4)ncc3C2)c1F. The molecule has 0 aliphatic carbocycles. The zero-order chi connectivity index (χ0) is 19.0. The molecule has 0 saturated carbocycles. The van der Waals surface area contributed by atoms with Gasteiger partial charge in [-0.25, -0.2) is 27.5 Å². The van der Waals surface area contributed by atoms with E-state index in [1.807, 2.05) is 0 Å². The minimum Gasteiger partial charge on any atom is -0.294 e. The second-order valence-corrected chi connectivity index (χ2v) is 6.31. The summed E-state index contributed by atoms with van der Waals surface area (Å²) in [7, 11) is 0. The van der Waals surface area contributed by atoms with Crippen LogP contribution in [0.3, 0.4) is 0 Å². The fourth-order valence-corrected chi connectivity index (χ4v) is 3.13. The van der Waals surface area contributed by atoms with Crippen LogP contribution < -0.4 is 0 Å². The molecule has 3 heterocycles. The molecule has 0 unspecified atom stereocenters. The van der Waals surface area contributed by atoms with E-state index in [2.05, 4.69) is 15.0 Å². The van der Waals surface area contributed by atoms with Crippen LogP contribution in [0.1, 0.15) is 16.8 Å². The van der Waals surface area contributed by atoms with E-state index in [0.29, 0.717) is 25.3 Å². The van der Waals surface area contributed by atoms with Gasteiger partial charge in [0, 0.05) is 67.4 Å². The van der Waals surface area contributed by atoms with Crippen LogP contribution in [0.4, 0.5) is 17.6 Å². The van der Waals surface area contributed by atoms with Gasteiger partial charge in [-0.3, -0.25) is 9.88 Å². The lowest BCUT2D eigenvalue weighted by Crippen LogP contribution is -2.32. The van der Waals surface area contributed by atoms with Gasteiger partial charge in [0.15, 0.2) is 29.1 Å². The molecule has 4 nitrogen and oxygen atoms in total. The Bertz CT molecular complexity index is 968. The van der Waals surface area contributed by atoms with E-state index in [0.717, 1.165) is 16.8 Å². The van der Waals surface area contributed by atoms with Gasteiger partial charge in [-0.15, -0.1) is 0 Å². The highest BCUT2D eigenvalue weighted by Crippen LogP contribution is 2.25. The Hall–Kier alpha value is -2.87. The lowest BCUT2D eigenvalue weighted by Gasteiger charge is -2.28. The maximum absolute atomic E-state index is 13.9. The number of nitrogens with zero attached hydrogens (tertiary/aromatic N) is 4. The Morgan fingerprint density at radius 1 is 1.00 bits per heavy atom. The van der Waals surface area contributed by atoms with Crippen LogP contribution in [-0.4, -0.2) is 26.4 Å². The number of pyridine rings is 1. The van der Waals surface area contributed by atoms with E-state index < -0.39 is 28.8 Å². The fraction of sp³-hybridized carbons (Fsp3) is 0.211. The van der Waals surface area contributed by atoms with E-state index >= 15 is 0 Å². The zero-order valence-corrected chi connectivity index (χ0v) is 14.1. The summed E-state index contributed by atoms with van der Waals surface area (Å²) in [6.07, 6.45) is 5.52. The molecule has 4 rings (SSSR count). The van der Waals surface area contributed by atoms with Crippen molar-refractivity contribution in [3.05, 3.63) is 76.9 Å². The van der Waals surface area contributed by atoms with Crippen LogP contribution in [0.2, 0.25) is 0 Å². The largest absolute Gasteiger partial charge is 0.294 e. The molecule has 0 saturated heterocycles. The van der Waals surface area contributed by atoms with Crippen LogP contribution in [0.25, 0.3) is 11.4 Å². The first-order valence-electron chi connectivity index (χ1n) is 8.32. The predicted molar refractivity (Wildman–Crippen MR) is 89.4 cm³/mol. The van der Waals surface area contributed by atoms with Gasteiger partial charge in [0.05, 0.1) is 5.69 Å². The highest BCUT2D eigenvalue weighted by molar-refractivity contribution is 5.54. The maximum atomic E-state index is 13.9. The molecule has 0 spiro atoms. The first-order chi connectivity index (χ1) is 13.0. The average molecular weight is 374 g/mol. The van der Waals surface area contributed by atoms with Crippen molar-refractivity contribution >= 4 is 0 Å². The summed E-state index contributed by atoms with van der Waals surface area (Å²) in [4.78, 5) is 14.6. The van der Waals surface area contributed by atoms with Gasteiger partial charge in [0.2, 0.25) is 0 Å². The summed E-state index contributed by atoms with van der Waals surface area (Å²) in [6.45, 7) is 0.553. The average Bonchev–Trinajstić information content (AvgIpc) is 2.70. The molecule has 0 atom stereocenters. The molecule has 0 radical (unpaired) electrons. The van der Waals surface area contributed by atoms with E-state index in [-0.39, 0.29) is 12.6 Å². The molecule has 8 heteroatoms. The van der Waals surface area contributed by atoms with Crippen molar-refractivity contribution in [3.8, 4) is 11.4 Å². The molecule has 1 aliphatic heterocycles. The van der Waals surface area contributed by atoms with Crippen LogP contribution in [-0.2, 0) is 19.5 Å². The number of benzene rings is 1. The Kier molecular flexibility index (Phi) is 4.57. The normalized spacial score (nSPS) is 14.2. The third-order valence-electron chi connectivity index (χ3n) is 4.54. The summed E-state index contributed by atoms with van der Waals surface area (Å²) in [5.41, 5.74) is 1.90. The van der Waals surface area contributed by atoms with Crippen molar-refractivity contribution in [2.45, 2.75) is 19.5 Å². The maximum Gasteiger partial charge on any atom is 0.166 e. The molecule has 27 heavy (non-hydrogen) atoms. The molecular formula is C19H14F4N4. The molecule has 0 fully saturated rings. The lowest BCUT2D eigenvalue weighted by atomic mass is 10.1. The predicted octanol–water partition coefficient (Wildman–Crippen LogP) is 3.65. The molecule has 1 aromatic carbocycles. The second kappa shape index (κ2) is 7.03. The van der Waals surface area contributed by atoms with Crippen molar-refractivity contribution < 1.29 is 17.6 Å². The Morgan fingerprint density at radius 2 is 1.70 bits per heavy atom. The molecule has 2 aromatic heterocycles. The zero-order valence-electron chi connectivity index (χ0n) is 14.1. The summed E-state index contributed by atoms with van der Waals surface area (Å²) in [6, 6.07) is 3.83. The summed E-state index contributed by atoms with van der Waals surface area (Å²) >= 11 is 0. The molecule has 3 aromatic rings. The summed E-state index contributed by atoms with van der Waals surface area (Å²) in [5.74, 6) is -4.93. The van der Waals surface area contributed by atoms with Gasteiger partial charge in [-0.05, 0) is 12.1 Å². The van der Waals surface area contributed by atoms with E-state index in [1.54, 1.807) is 35.6 Å². The molecule has 0 amide bonds. The number of halogens is 4. The number of fused-ring (bicyclic) bond motifs is 1. The fourth-order valence-electron chi connectivity index (χ4n) is 3.13. The van der Waals surface area contributed by atoms with E-state index in [4.69, 9.17) is 0 Å². The number of aromatic nitrogens is 3. The Labute approximate surface area is 152 Å². The van der Waals surface area contributed by atoms with Crippen LogP contribution in [0, 0.1) is 23.3 Å². The summed E-state index contributed by atoms with van der Waals surface area (Å²) < 4.78 is 54.6. The van der Waals surface area contributed by atoms with Crippen LogP contribution in [0.15, 0.2) is 36.8 Å². The van der Waals surface area contributed by atoms with Crippen molar-refractivity contribution in [1.29, 1.82) is 0 Å². The Balaban J connectivity index is 1.56. The van der Waals surface area contributed by atoms with E-state index in [9.17, 15) is 17.6 Å². The van der Waals surface area contributed by atoms with Gasteiger partial charge < -0.3 is 0 Å². The van der Waals surface area contributed by atoms with Crippen LogP contribution >= 0.6 is 0 Å². The minimum absolute atomic E-state index is 0.216. The third-order valence-corrected chi connectivity index (χ3v) is 4.54. The number of hydrogen-bond donors (Lipinski definition) is 0. The monoisotopic (exact) mass is 374 g/mol. The van der Waals surface area contributed by atoms with Crippen molar-refractivity contribution in [1.82, 2.24) is 19.9 Å². The first kappa shape index (κ1) is 17.5. The lowest BCUT2D eigenvalue weighted by molar-refractivity contribution is 0.233. The van der Waals surface area contributed by atoms with Crippen molar-refractivity contribution in [2.75, 3.05) is 6.54 Å². The molecule has 1 aliphatic rings. The molecule has 0 N–H and O–H groups in total. The van der Waals surface area contributed by atoms with Gasteiger partial charge in [0.1, 0.15) is 0 Å². The highest BCUT2D eigenvalue weighted by atomic mass is 19.2. The number of hydrogen-bond acceptors (Lipinski definition) is 4. The van der Waals surface area contributed by atoms with E-state index in [1.165, 1.54) is 0 Å². The highest BCUT2D eigenvalue weighted by Gasteiger charge is 2.24. The van der Waals surface area contributed by atoms with Gasteiger partial charge in [0.25, 0.3) is 0 Å². The van der Waals surface area contributed by atoms with Crippen molar-refractivity contribution in [2.24, 2.45) is 0 Å². The number of rotatable bonds is 3.